The molecule has 0 radical (unpaired) electrons. The first kappa shape index (κ1) is 16.1. The smallest absolute Gasteiger partial charge is 0.176 e. The molecule has 0 fully saturated rings. The number of hydrogen-bond donors (Lipinski definition) is 1. The molecule has 2 aromatic heterocycles. The van der Waals surface area contributed by atoms with Crippen molar-refractivity contribution in [1.82, 2.24) is 15.1 Å². The van der Waals surface area contributed by atoms with E-state index in [1.807, 2.05) is 17.7 Å². The number of thiophene rings is 1. The Bertz CT molecular complexity index is 510. The SMILES string of the molecule is CCCn1nc(C)cc1CNCc1ccc(F)s1.Cl. The first-order valence-electron chi connectivity index (χ1n) is 6.17. The molecule has 0 spiro atoms. The van der Waals surface area contributed by atoms with Crippen LogP contribution in [0.25, 0.3) is 0 Å². The summed E-state index contributed by atoms with van der Waals surface area (Å²) in [5, 5.41) is 7.65. The fourth-order valence-electron chi connectivity index (χ4n) is 1.91. The molecule has 0 aromatic carbocycles. The van der Waals surface area contributed by atoms with Crippen molar-refractivity contribution in [3.05, 3.63) is 39.6 Å². The van der Waals surface area contributed by atoms with E-state index >= 15 is 0 Å². The molecule has 2 aromatic rings. The zero-order valence-corrected chi connectivity index (χ0v) is 12.8. The van der Waals surface area contributed by atoms with E-state index in [9.17, 15) is 4.39 Å². The van der Waals surface area contributed by atoms with Crippen LogP contribution in [0.1, 0.15) is 29.6 Å². The second-order valence-corrected chi connectivity index (χ2v) is 5.43. The molecule has 1 N–H and O–H groups in total. The molecule has 0 aliphatic rings. The van der Waals surface area contributed by atoms with Crippen molar-refractivity contribution in [1.29, 1.82) is 0 Å². The lowest BCUT2D eigenvalue weighted by molar-refractivity contribution is 0.548. The number of hydrogen-bond acceptors (Lipinski definition) is 3. The topological polar surface area (TPSA) is 29.9 Å². The summed E-state index contributed by atoms with van der Waals surface area (Å²) in [5.74, 6) is 0. The minimum absolute atomic E-state index is 0. The molecular weight excluding hydrogens is 285 g/mol. The molecule has 19 heavy (non-hydrogen) atoms. The van der Waals surface area contributed by atoms with Crippen LogP contribution in [0, 0.1) is 12.1 Å². The van der Waals surface area contributed by atoms with E-state index in [-0.39, 0.29) is 17.5 Å². The Morgan fingerprint density at radius 1 is 1.37 bits per heavy atom. The van der Waals surface area contributed by atoms with Crippen molar-refractivity contribution in [2.24, 2.45) is 0 Å². The summed E-state index contributed by atoms with van der Waals surface area (Å²) in [6.07, 6.45) is 1.07. The van der Waals surface area contributed by atoms with Crippen LogP contribution in [0.5, 0.6) is 0 Å². The minimum Gasteiger partial charge on any atom is -0.306 e. The molecule has 0 saturated heterocycles. The van der Waals surface area contributed by atoms with Gasteiger partial charge in [-0.15, -0.1) is 23.7 Å². The first-order valence-corrected chi connectivity index (χ1v) is 6.99. The lowest BCUT2D eigenvalue weighted by atomic mass is 10.3. The molecule has 0 aliphatic heterocycles. The summed E-state index contributed by atoms with van der Waals surface area (Å²) in [6, 6.07) is 5.42. The molecule has 0 bridgehead atoms. The van der Waals surface area contributed by atoms with Crippen molar-refractivity contribution >= 4 is 23.7 Å². The maximum atomic E-state index is 12.8. The van der Waals surface area contributed by atoms with Crippen LogP contribution >= 0.6 is 23.7 Å². The van der Waals surface area contributed by atoms with E-state index in [1.54, 1.807) is 0 Å². The Hall–Kier alpha value is -0.910. The first-order chi connectivity index (χ1) is 8.69. The molecule has 0 saturated carbocycles. The average molecular weight is 304 g/mol. The lowest BCUT2D eigenvalue weighted by Gasteiger charge is -2.06. The third-order valence-electron chi connectivity index (χ3n) is 2.66. The van der Waals surface area contributed by atoms with Crippen LogP contribution in [0.4, 0.5) is 4.39 Å². The van der Waals surface area contributed by atoms with Gasteiger partial charge >= 0.3 is 0 Å². The standard InChI is InChI=1S/C13H18FN3S.ClH/c1-3-6-17-11(7-10(2)16-17)8-15-9-12-4-5-13(14)18-12;/h4-5,7,15H,3,6,8-9H2,1-2H3;1H. The zero-order valence-electron chi connectivity index (χ0n) is 11.1. The maximum absolute atomic E-state index is 12.8. The van der Waals surface area contributed by atoms with Gasteiger partial charge in [0.2, 0.25) is 0 Å². The minimum atomic E-state index is -0.126. The molecule has 106 valence electrons. The Kier molecular flexibility index (Phi) is 6.48. The van der Waals surface area contributed by atoms with Crippen LogP contribution in [-0.2, 0) is 19.6 Å². The van der Waals surface area contributed by atoms with Gasteiger partial charge in [-0.25, -0.2) is 0 Å². The van der Waals surface area contributed by atoms with Crippen molar-refractivity contribution in [2.75, 3.05) is 0 Å². The predicted octanol–water partition coefficient (Wildman–Crippen LogP) is 3.51. The van der Waals surface area contributed by atoms with Crippen molar-refractivity contribution in [3.63, 3.8) is 0 Å². The average Bonchev–Trinajstić information content (AvgIpc) is 2.87. The fourth-order valence-corrected chi connectivity index (χ4v) is 2.60. The Morgan fingerprint density at radius 2 is 2.16 bits per heavy atom. The monoisotopic (exact) mass is 303 g/mol. The van der Waals surface area contributed by atoms with Crippen molar-refractivity contribution in [2.45, 2.75) is 39.9 Å². The molecular formula is C13H19ClFN3S. The summed E-state index contributed by atoms with van der Waals surface area (Å²) in [7, 11) is 0. The van der Waals surface area contributed by atoms with E-state index in [1.165, 1.54) is 23.1 Å². The fraction of sp³-hybridized carbons (Fsp3) is 0.462. The highest BCUT2D eigenvalue weighted by atomic mass is 35.5. The summed E-state index contributed by atoms with van der Waals surface area (Å²) < 4.78 is 14.9. The molecule has 6 heteroatoms. The molecule has 0 aliphatic carbocycles. The van der Waals surface area contributed by atoms with Gasteiger partial charge in [-0.2, -0.15) is 9.49 Å². The van der Waals surface area contributed by atoms with Gasteiger partial charge in [0.1, 0.15) is 0 Å². The Balaban J connectivity index is 0.00000180. The largest absolute Gasteiger partial charge is 0.306 e. The molecule has 3 nitrogen and oxygen atoms in total. The van der Waals surface area contributed by atoms with E-state index in [0.717, 1.165) is 30.1 Å². The lowest BCUT2D eigenvalue weighted by Crippen LogP contribution is -2.15. The van der Waals surface area contributed by atoms with Gasteiger partial charge in [-0.05, 0) is 31.5 Å². The molecule has 2 heterocycles. The van der Waals surface area contributed by atoms with Crippen molar-refractivity contribution < 1.29 is 4.39 Å². The second kappa shape index (κ2) is 7.62. The molecule has 0 atom stereocenters. The van der Waals surface area contributed by atoms with E-state index < -0.39 is 0 Å². The highest BCUT2D eigenvalue weighted by Gasteiger charge is 2.05. The summed E-state index contributed by atoms with van der Waals surface area (Å²) in [4.78, 5) is 1.02. The van der Waals surface area contributed by atoms with Crippen LogP contribution in [-0.4, -0.2) is 9.78 Å². The van der Waals surface area contributed by atoms with Gasteiger partial charge < -0.3 is 5.32 Å². The van der Waals surface area contributed by atoms with Gasteiger partial charge in [0, 0.05) is 24.5 Å². The summed E-state index contributed by atoms with van der Waals surface area (Å²) >= 11 is 1.19. The van der Waals surface area contributed by atoms with E-state index in [2.05, 4.69) is 23.4 Å². The van der Waals surface area contributed by atoms with E-state index in [0.29, 0.717) is 6.54 Å². The molecule has 2 rings (SSSR count). The third-order valence-corrected chi connectivity index (χ3v) is 3.53. The number of rotatable bonds is 6. The van der Waals surface area contributed by atoms with Gasteiger partial charge in [0.05, 0.1) is 11.4 Å². The van der Waals surface area contributed by atoms with Gasteiger partial charge in [0.15, 0.2) is 5.13 Å². The van der Waals surface area contributed by atoms with Crippen LogP contribution in [0.15, 0.2) is 18.2 Å². The Morgan fingerprint density at radius 3 is 2.79 bits per heavy atom. The van der Waals surface area contributed by atoms with Crippen LogP contribution < -0.4 is 5.32 Å². The quantitative estimate of drug-likeness (QED) is 0.885. The molecule has 0 amide bonds. The summed E-state index contributed by atoms with van der Waals surface area (Å²) in [6.45, 7) is 6.55. The van der Waals surface area contributed by atoms with Gasteiger partial charge in [-0.3, -0.25) is 4.68 Å². The van der Waals surface area contributed by atoms with Gasteiger partial charge in [0.25, 0.3) is 0 Å². The number of halogens is 2. The third kappa shape index (κ3) is 4.60. The van der Waals surface area contributed by atoms with Gasteiger partial charge in [-0.1, -0.05) is 6.92 Å². The highest BCUT2D eigenvalue weighted by molar-refractivity contribution is 7.10. The maximum Gasteiger partial charge on any atom is 0.176 e. The van der Waals surface area contributed by atoms with Crippen LogP contribution in [0.3, 0.4) is 0 Å². The summed E-state index contributed by atoms with van der Waals surface area (Å²) in [5.41, 5.74) is 2.23. The Labute approximate surface area is 123 Å². The number of aryl methyl sites for hydroxylation is 2. The van der Waals surface area contributed by atoms with Crippen LogP contribution in [0.2, 0.25) is 0 Å². The number of aromatic nitrogens is 2. The predicted molar refractivity (Wildman–Crippen MR) is 79.3 cm³/mol. The number of nitrogens with zero attached hydrogens (tertiary/aromatic N) is 2. The molecule has 0 unspecified atom stereocenters. The number of nitrogens with one attached hydrogen (secondary N) is 1. The normalized spacial score (nSPS) is 10.5. The van der Waals surface area contributed by atoms with E-state index in [4.69, 9.17) is 0 Å². The highest BCUT2D eigenvalue weighted by Crippen LogP contribution is 2.14. The van der Waals surface area contributed by atoms with Crippen molar-refractivity contribution in [3.8, 4) is 0 Å². The second-order valence-electron chi connectivity index (χ2n) is 4.31. The zero-order chi connectivity index (χ0) is 13.0.